The molecule has 1 N–H and O–H groups in total. The average Bonchev–Trinajstić information content (AvgIpc) is 3.32. The Labute approximate surface area is 203 Å². The van der Waals surface area contributed by atoms with Crippen molar-refractivity contribution in [3.05, 3.63) is 71.0 Å². The third-order valence-corrected chi connectivity index (χ3v) is 6.46. The number of carbonyl (C=O) groups excluding carboxylic acids is 1. The van der Waals surface area contributed by atoms with Crippen molar-refractivity contribution in [1.82, 2.24) is 5.32 Å². The lowest BCUT2D eigenvalue weighted by molar-refractivity contribution is -0.156. The summed E-state index contributed by atoms with van der Waals surface area (Å²) in [6.07, 6.45) is -6.66. The summed E-state index contributed by atoms with van der Waals surface area (Å²) >= 11 is 0. The number of ether oxygens (including phenoxy) is 1. The summed E-state index contributed by atoms with van der Waals surface area (Å²) in [5.41, 5.74) is -0.664. The molecule has 1 aliphatic rings. The first kappa shape index (κ1) is 26.1. The predicted molar refractivity (Wildman–Crippen MR) is 120 cm³/mol. The van der Waals surface area contributed by atoms with Gasteiger partial charge in [-0.25, -0.2) is 0 Å². The third-order valence-electron chi connectivity index (χ3n) is 6.46. The van der Waals surface area contributed by atoms with Gasteiger partial charge < -0.3 is 14.5 Å². The van der Waals surface area contributed by atoms with Crippen molar-refractivity contribution in [3.63, 3.8) is 0 Å². The van der Waals surface area contributed by atoms with Crippen LogP contribution in [0, 0.1) is 5.92 Å². The molecule has 10 heteroatoms. The molecule has 1 aliphatic heterocycles. The molecule has 1 fully saturated rings. The number of benzene rings is 2. The molecule has 4 unspecified atom stereocenters. The monoisotopic (exact) mass is 513 g/mol. The van der Waals surface area contributed by atoms with Gasteiger partial charge >= 0.3 is 12.4 Å². The maximum absolute atomic E-state index is 13.7. The summed E-state index contributed by atoms with van der Waals surface area (Å²) in [7, 11) is 0. The Hall–Kier alpha value is -3.01. The second-order valence-corrected chi connectivity index (χ2v) is 9.15. The van der Waals surface area contributed by atoms with E-state index in [1.54, 1.807) is 11.4 Å². The largest absolute Gasteiger partial charge is 0.451 e. The van der Waals surface area contributed by atoms with Crippen molar-refractivity contribution < 1.29 is 40.3 Å². The normalized spacial score (nSPS) is 19.8. The predicted octanol–water partition coefficient (Wildman–Crippen LogP) is 7.23. The summed E-state index contributed by atoms with van der Waals surface area (Å²) in [4.78, 5) is 12.7. The SMILES string of the molecule is CCC(Cc1ccc2oc(C(=O)NC(c3cccc(C(F)(F)F)c3)C(F)(F)F)cc2c1)CC1OC1C. The van der Waals surface area contributed by atoms with E-state index in [1.807, 2.05) is 19.1 Å². The van der Waals surface area contributed by atoms with Crippen molar-refractivity contribution in [3.8, 4) is 0 Å². The van der Waals surface area contributed by atoms with Crippen molar-refractivity contribution in [2.24, 2.45) is 5.92 Å². The fourth-order valence-electron chi connectivity index (χ4n) is 4.32. The van der Waals surface area contributed by atoms with E-state index in [0.717, 1.165) is 37.0 Å². The lowest BCUT2D eigenvalue weighted by atomic mass is 9.91. The van der Waals surface area contributed by atoms with Crippen LogP contribution < -0.4 is 5.32 Å². The fraction of sp³-hybridized carbons (Fsp3) is 0.423. The van der Waals surface area contributed by atoms with E-state index >= 15 is 0 Å². The highest BCUT2D eigenvalue weighted by atomic mass is 19.4. The second kappa shape index (κ2) is 9.80. The van der Waals surface area contributed by atoms with E-state index in [0.29, 0.717) is 29.0 Å². The van der Waals surface area contributed by atoms with Crippen LogP contribution in [0.15, 0.2) is 52.9 Å². The lowest BCUT2D eigenvalue weighted by Crippen LogP contribution is -2.38. The average molecular weight is 513 g/mol. The maximum atomic E-state index is 13.7. The van der Waals surface area contributed by atoms with Gasteiger partial charge in [0.15, 0.2) is 11.8 Å². The highest BCUT2D eigenvalue weighted by Crippen LogP contribution is 2.37. The molecule has 1 saturated heterocycles. The van der Waals surface area contributed by atoms with Gasteiger partial charge in [0.2, 0.25) is 0 Å². The first-order valence-corrected chi connectivity index (χ1v) is 11.6. The van der Waals surface area contributed by atoms with Gasteiger partial charge in [0.05, 0.1) is 17.8 Å². The number of furan rings is 1. The van der Waals surface area contributed by atoms with Crippen LogP contribution in [0.3, 0.4) is 0 Å². The minimum absolute atomic E-state index is 0.265. The van der Waals surface area contributed by atoms with E-state index in [9.17, 15) is 31.1 Å². The van der Waals surface area contributed by atoms with Crippen LogP contribution in [0.5, 0.6) is 0 Å². The molecule has 1 aromatic heterocycles. The van der Waals surface area contributed by atoms with Crippen LogP contribution in [0.25, 0.3) is 11.0 Å². The van der Waals surface area contributed by atoms with Crippen molar-refractivity contribution >= 4 is 16.9 Å². The maximum Gasteiger partial charge on any atom is 0.416 e. The van der Waals surface area contributed by atoms with E-state index in [1.165, 1.54) is 6.07 Å². The molecule has 2 heterocycles. The van der Waals surface area contributed by atoms with Crippen LogP contribution in [-0.4, -0.2) is 24.3 Å². The third kappa shape index (κ3) is 6.03. The van der Waals surface area contributed by atoms with E-state index in [4.69, 9.17) is 9.15 Å². The Morgan fingerprint density at radius 3 is 2.39 bits per heavy atom. The highest BCUT2D eigenvalue weighted by molar-refractivity contribution is 5.96. The number of halogens is 6. The Balaban J connectivity index is 1.52. The standard InChI is InChI=1S/C26H25F6NO3/c1-3-15(11-21-14(2)35-21)9-16-7-8-20-18(10-16)13-22(36-20)24(34)33-23(26(30,31)32)17-5-4-6-19(12-17)25(27,28)29/h4-8,10,12-15,21,23H,3,9,11H2,1-2H3,(H,33,34). The van der Waals surface area contributed by atoms with Crippen molar-refractivity contribution in [2.75, 3.05) is 0 Å². The molecule has 3 aromatic rings. The zero-order valence-corrected chi connectivity index (χ0v) is 19.5. The molecule has 194 valence electrons. The van der Waals surface area contributed by atoms with Gasteiger partial charge in [-0.2, -0.15) is 26.3 Å². The minimum atomic E-state index is -5.03. The molecule has 0 radical (unpaired) electrons. The molecule has 0 saturated carbocycles. The lowest BCUT2D eigenvalue weighted by Gasteiger charge is -2.22. The van der Waals surface area contributed by atoms with Crippen molar-refractivity contribution in [2.45, 2.75) is 63.7 Å². The Kier molecular flexibility index (Phi) is 7.10. The molecule has 1 amide bonds. The molecule has 36 heavy (non-hydrogen) atoms. The smallest absolute Gasteiger partial charge is 0.416 e. The van der Waals surface area contributed by atoms with Gasteiger partial charge in [0.25, 0.3) is 5.91 Å². The topological polar surface area (TPSA) is 54.8 Å². The zero-order chi connectivity index (χ0) is 26.3. The number of hydrogen-bond acceptors (Lipinski definition) is 3. The van der Waals surface area contributed by atoms with Gasteiger partial charge in [-0.05, 0) is 67.1 Å². The molecule has 0 bridgehead atoms. The number of epoxide rings is 1. The highest BCUT2D eigenvalue weighted by Gasteiger charge is 2.43. The minimum Gasteiger partial charge on any atom is -0.451 e. The summed E-state index contributed by atoms with van der Waals surface area (Å²) in [6, 6.07) is 6.80. The number of amides is 1. The Morgan fingerprint density at radius 2 is 1.78 bits per heavy atom. The number of hydrogen-bond donors (Lipinski definition) is 1. The molecule has 0 aliphatic carbocycles. The van der Waals surface area contributed by atoms with Gasteiger partial charge in [0.1, 0.15) is 5.58 Å². The van der Waals surface area contributed by atoms with Gasteiger partial charge in [-0.1, -0.05) is 31.5 Å². The van der Waals surface area contributed by atoms with E-state index in [-0.39, 0.29) is 18.0 Å². The van der Waals surface area contributed by atoms with E-state index < -0.39 is 35.4 Å². The molecule has 2 aromatic carbocycles. The number of nitrogens with one attached hydrogen (secondary N) is 1. The number of rotatable bonds is 8. The Bertz CT molecular complexity index is 1230. The van der Waals surface area contributed by atoms with Gasteiger partial charge in [-0.3, -0.25) is 4.79 Å². The fourth-order valence-corrected chi connectivity index (χ4v) is 4.32. The zero-order valence-electron chi connectivity index (χ0n) is 19.5. The second-order valence-electron chi connectivity index (χ2n) is 9.15. The van der Waals surface area contributed by atoms with Crippen LogP contribution in [-0.2, 0) is 17.3 Å². The summed E-state index contributed by atoms with van der Waals surface area (Å²) in [5.74, 6) is -1.15. The molecule has 4 nitrogen and oxygen atoms in total. The summed E-state index contributed by atoms with van der Waals surface area (Å²) in [6.45, 7) is 4.12. The number of alkyl halides is 6. The quantitative estimate of drug-likeness (QED) is 0.255. The van der Waals surface area contributed by atoms with E-state index in [2.05, 4.69) is 6.92 Å². The molecule has 0 spiro atoms. The van der Waals surface area contributed by atoms with Crippen LogP contribution in [0.4, 0.5) is 26.3 Å². The molecule has 4 atom stereocenters. The van der Waals surface area contributed by atoms with Crippen LogP contribution in [0.2, 0.25) is 0 Å². The Morgan fingerprint density at radius 1 is 1.06 bits per heavy atom. The summed E-state index contributed by atoms with van der Waals surface area (Å²) in [5, 5.41) is 2.33. The summed E-state index contributed by atoms with van der Waals surface area (Å²) < 4.78 is 91.1. The molecular weight excluding hydrogens is 488 g/mol. The van der Waals surface area contributed by atoms with Gasteiger partial charge in [-0.15, -0.1) is 0 Å². The molecular formula is C26H25F6NO3. The van der Waals surface area contributed by atoms with Crippen LogP contribution in [0.1, 0.15) is 60.0 Å². The van der Waals surface area contributed by atoms with Crippen molar-refractivity contribution in [1.29, 1.82) is 0 Å². The first-order chi connectivity index (χ1) is 16.8. The number of carbonyl (C=O) groups is 1. The first-order valence-electron chi connectivity index (χ1n) is 11.6. The van der Waals surface area contributed by atoms with Gasteiger partial charge in [0, 0.05) is 5.39 Å². The number of fused-ring (bicyclic) bond motifs is 1. The van der Waals surface area contributed by atoms with Crippen LogP contribution >= 0.6 is 0 Å². The molecule has 4 rings (SSSR count).